The molecule has 2 saturated heterocycles. The summed E-state index contributed by atoms with van der Waals surface area (Å²) in [6.07, 6.45) is -6.11. The van der Waals surface area contributed by atoms with E-state index < -0.39 is 85.1 Å². The molecule has 5 fully saturated rings. The van der Waals surface area contributed by atoms with Crippen molar-refractivity contribution in [2.45, 2.75) is 186 Å². The maximum atomic E-state index is 11.6. The van der Waals surface area contributed by atoms with E-state index in [2.05, 4.69) is 40.7 Å². The van der Waals surface area contributed by atoms with E-state index in [9.17, 15) is 40.9 Å². The van der Waals surface area contributed by atoms with Crippen molar-refractivity contribution in [3.8, 4) is 0 Å². The lowest BCUT2D eigenvalue weighted by molar-refractivity contribution is -0.318. The predicted octanol–water partition coefficient (Wildman–Crippen LogP) is 2.00. The second kappa shape index (κ2) is 15.1. The summed E-state index contributed by atoms with van der Waals surface area (Å²) in [6, 6.07) is 0. The van der Waals surface area contributed by atoms with Gasteiger partial charge in [-0.25, -0.2) is 0 Å². The minimum absolute atomic E-state index is 0.0701. The number of rotatable bonds is 9. The monoisotopic (exact) mass is 726 g/mol. The molecule has 12 nitrogen and oxygen atoms in total. The average Bonchev–Trinajstić information content (AvgIpc) is 3.38. The van der Waals surface area contributed by atoms with Crippen LogP contribution in [0.15, 0.2) is 11.6 Å². The molecule has 0 amide bonds. The lowest BCUT2D eigenvalue weighted by Crippen LogP contribution is -2.61. The van der Waals surface area contributed by atoms with Gasteiger partial charge in [0.2, 0.25) is 0 Å². The van der Waals surface area contributed by atoms with Crippen LogP contribution < -0.4 is 0 Å². The van der Waals surface area contributed by atoms with Crippen molar-refractivity contribution in [1.82, 2.24) is 0 Å². The second-order valence-electron chi connectivity index (χ2n) is 18.1. The fraction of sp³-hybridized carbons (Fsp3) is 0.949. The van der Waals surface area contributed by atoms with E-state index in [1.165, 1.54) is 0 Å². The molecule has 0 aromatic carbocycles. The molecule has 2 heterocycles. The van der Waals surface area contributed by atoms with E-state index in [4.69, 9.17) is 18.9 Å². The average molecular weight is 727 g/mol. The van der Waals surface area contributed by atoms with Crippen LogP contribution in [-0.2, 0) is 18.9 Å². The summed E-state index contributed by atoms with van der Waals surface area (Å²) in [7, 11) is 0. The standard InChI is InChI=1S/C39H66O12/c1-17(2)8-11-26(41)18(3)29-27(50-36-34(46)32(44)30(42)19(4)48-36)16-25-23-10-9-21-14-22(40)15-28(39(21,7)24(23)12-13-38(25,29)6)51-37-35(47)33(45)31(43)20(5)49-37/h9,17-20,22-37,40-47H,8,10-16H2,1-7H3/t18-,19-,20+,22-,23-,24+,25+,26+,27+,28-,29+,30-,31+,32+,33-,34+,35-,36-,37+,38+,39+/m1/s1. The number of aliphatic hydroxyl groups is 8. The van der Waals surface area contributed by atoms with Gasteiger partial charge < -0.3 is 59.8 Å². The molecule has 51 heavy (non-hydrogen) atoms. The zero-order valence-electron chi connectivity index (χ0n) is 31.5. The molecule has 12 heteroatoms. The summed E-state index contributed by atoms with van der Waals surface area (Å²) in [5.41, 5.74) is 0.416. The Balaban J connectivity index is 1.30. The molecule has 2 aliphatic heterocycles. The third-order valence-electron chi connectivity index (χ3n) is 14.7. The van der Waals surface area contributed by atoms with Gasteiger partial charge in [0.1, 0.15) is 36.6 Å². The Hall–Kier alpha value is -0.740. The lowest BCUT2D eigenvalue weighted by Gasteiger charge is -2.60. The second-order valence-corrected chi connectivity index (χ2v) is 18.1. The Bertz CT molecular complexity index is 1230. The Morgan fingerprint density at radius 2 is 1.37 bits per heavy atom. The molecule has 3 saturated carbocycles. The minimum atomic E-state index is -1.45. The van der Waals surface area contributed by atoms with Gasteiger partial charge in [0, 0.05) is 11.8 Å². The van der Waals surface area contributed by atoms with Gasteiger partial charge in [0.05, 0.1) is 36.6 Å². The number of hydrogen-bond donors (Lipinski definition) is 8. The summed E-state index contributed by atoms with van der Waals surface area (Å²) in [4.78, 5) is 0. The summed E-state index contributed by atoms with van der Waals surface area (Å²) in [5.74, 6) is 0.813. The molecule has 294 valence electrons. The summed E-state index contributed by atoms with van der Waals surface area (Å²) in [6.45, 7) is 14.2. The molecule has 0 spiro atoms. The zero-order valence-corrected chi connectivity index (χ0v) is 31.5. The molecular weight excluding hydrogens is 660 g/mol. The lowest BCUT2D eigenvalue weighted by atomic mass is 9.46. The number of aliphatic hydroxyl groups excluding tert-OH is 8. The highest BCUT2D eigenvalue weighted by Gasteiger charge is 2.65. The fourth-order valence-corrected chi connectivity index (χ4v) is 11.6. The van der Waals surface area contributed by atoms with Crippen LogP contribution in [0.4, 0.5) is 0 Å². The van der Waals surface area contributed by atoms with E-state index in [1.54, 1.807) is 13.8 Å². The molecule has 0 unspecified atom stereocenters. The van der Waals surface area contributed by atoms with Gasteiger partial charge >= 0.3 is 0 Å². The smallest absolute Gasteiger partial charge is 0.186 e. The quantitative estimate of drug-likeness (QED) is 0.161. The minimum Gasteiger partial charge on any atom is -0.393 e. The van der Waals surface area contributed by atoms with Crippen molar-refractivity contribution in [3.05, 3.63) is 11.6 Å². The highest BCUT2D eigenvalue weighted by molar-refractivity contribution is 5.28. The topological polar surface area (TPSA) is 199 Å². The van der Waals surface area contributed by atoms with Crippen molar-refractivity contribution in [2.75, 3.05) is 0 Å². The molecule has 0 radical (unpaired) electrons. The molecule has 6 rings (SSSR count). The van der Waals surface area contributed by atoms with E-state index >= 15 is 0 Å². The molecule has 0 bridgehead atoms. The maximum Gasteiger partial charge on any atom is 0.186 e. The SMILES string of the molecule is CC(C)CC[C@H](O)[C@@H](C)[C@H]1[C@@H](O[C@H]2O[C@H](C)[C@@H](O)[C@H](O)[C@@H]2O)C[C@H]2[C@@H]3CC=C4C[C@@H](O)C[C@@H](O[C@@H]5O[C@@H](C)[C@H](O)[C@@H](O)[C@H]5O)[C@]4(C)[C@H]3CC[C@]12C. The summed E-state index contributed by atoms with van der Waals surface area (Å²) < 4.78 is 25.1. The third-order valence-corrected chi connectivity index (χ3v) is 14.7. The molecule has 6 aliphatic rings. The number of ether oxygens (including phenoxy) is 4. The van der Waals surface area contributed by atoms with Gasteiger partial charge in [-0.2, -0.15) is 0 Å². The van der Waals surface area contributed by atoms with Gasteiger partial charge in [-0.15, -0.1) is 0 Å². The molecule has 21 atom stereocenters. The van der Waals surface area contributed by atoms with Crippen LogP contribution in [-0.4, -0.2) is 127 Å². The van der Waals surface area contributed by atoms with E-state index in [1.807, 2.05) is 0 Å². The molecule has 0 aromatic heterocycles. The van der Waals surface area contributed by atoms with Crippen molar-refractivity contribution in [1.29, 1.82) is 0 Å². The van der Waals surface area contributed by atoms with Crippen LogP contribution in [0.2, 0.25) is 0 Å². The van der Waals surface area contributed by atoms with Crippen LogP contribution >= 0.6 is 0 Å². The van der Waals surface area contributed by atoms with Gasteiger partial charge in [-0.05, 0) is 99.7 Å². The Morgan fingerprint density at radius 3 is 1.96 bits per heavy atom. The first-order valence-corrected chi connectivity index (χ1v) is 19.7. The van der Waals surface area contributed by atoms with Crippen LogP contribution in [0.1, 0.15) is 99.8 Å². The van der Waals surface area contributed by atoms with Gasteiger partial charge in [0.15, 0.2) is 12.6 Å². The highest BCUT2D eigenvalue weighted by Crippen LogP contribution is 2.68. The highest BCUT2D eigenvalue weighted by atomic mass is 16.7. The zero-order chi connectivity index (χ0) is 37.3. The number of allylic oxidation sites excluding steroid dienone is 1. The third kappa shape index (κ3) is 7.01. The van der Waals surface area contributed by atoms with Crippen molar-refractivity contribution in [3.63, 3.8) is 0 Å². The van der Waals surface area contributed by atoms with Crippen molar-refractivity contribution >= 4 is 0 Å². The fourth-order valence-electron chi connectivity index (χ4n) is 11.6. The predicted molar refractivity (Wildman–Crippen MR) is 186 cm³/mol. The van der Waals surface area contributed by atoms with Crippen molar-refractivity contribution in [2.24, 2.45) is 46.3 Å². The first kappa shape index (κ1) is 39.9. The Morgan fingerprint density at radius 1 is 0.784 bits per heavy atom. The molecule has 4 aliphatic carbocycles. The van der Waals surface area contributed by atoms with Crippen LogP contribution in [0, 0.1) is 46.3 Å². The van der Waals surface area contributed by atoms with E-state index in [0.29, 0.717) is 31.6 Å². The maximum absolute atomic E-state index is 11.6. The van der Waals surface area contributed by atoms with E-state index in [0.717, 1.165) is 31.3 Å². The first-order valence-electron chi connectivity index (χ1n) is 19.7. The van der Waals surface area contributed by atoms with Gasteiger partial charge in [0.25, 0.3) is 0 Å². The summed E-state index contributed by atoms with van der Waals surface area (Å²) in [5, 5.41) is 86.4. The number of fused-ring (bicyclic) bond motifs is 5. The molecule has 8 N–H and O–H groups in total. The molecular formula is C39H66O12. The Labute approximate surface area is 303 Å². The van der Waals surface area contributed by atoms with Crippen molar-refractivity contribution < 1.29 is 59.8 Å². The van der Waals surface area contributed by atoms with Crippen LogP contribution in [0.5, 0.6) is 0 Å². The van der Waals surface area contributed by atoms with Crippen LogP contribution in [0.3, 0.4) is 0 Å². The van der Waals surface area contributed by atoms with Crippen LogP contribution in [0.25, 0.3) is 0 Å². The van der Waals surface area contributed by atoms with Gasteiger partial charge in [-0.1, -0.05) is 46.3 Å². The Kier molecular flexibility index (Phi) is 11.8. The number of hydrogen-bond acceptors (Lipinski definition) is 12. The molecule has 0 aromatic rings. The normalized spacial score (nSPS) is 52.8. The summed E-state index contributed by atoms with van der Waals surface area (Å²) >= 11 is 0. The van der Waals surface area contributed by atoms with E-state index in [-0.39, 0.29) is 41.1 Å². The largest absolute Gasteiger partial charge is 0.393 e. The van der Waals surface area contributed by atoms with Gasteiger partial charge in [-0.3, -0.25) is 0 Å². The first-order chi connectivity index (χ1) is 23.9.